The number of aryl methyl sites for hydroxylation is 3. The highest BCUT2D eigenvalue weighted by Gasteiger charge is 2.27. The van der Waals surface area contributed by atoms with Crippen molar-refractivity contribution in [3.05, 3.63) is 17.5 Å². The zero-order chi connectivity index (χ0) is 14.5. The van der Waals surface area contributed by atoms with E-state index in [0.717, 1.165) is 43.7 Å². The monoisotopic (exact) mass is 280 g/mol. The first-order valence-corrected chi connectivity index (χ1v) is 7.28. The van der Waals surface area contributed by atoms with E-state index in [-0.39, 0.29) is 18.7 Å². The SMILES string of the molecule is Cc1cc(C)n(CCCNC(=O)N2CCCC2CO)n1. The maximum Gasteiger partial charge on any atom is 0.317 e. The minimum absolute atomic E-state index is 0.00832. The molecule has 0 aromatic carbocycles. The lowest BCUT2D eigenvalue weighted by Crippen LogP contribution is -2.44. The van der Waals surface area contributed by atoms with E-state index < -0.39 is 0 Å². The number of carbonyl (C=O) groups is 1. The van der Waals surface area contributed by atoms with Crippen molar-refractivity contribution >= 4 is 6.03 Å². The number of carbonyl (C=O) groups excluding carboxylic acids is 1. The van der Waals surface area contributed by atoms with Gasteiger partial charge in [0.1, 0.15) is 0 Å². The van der Waals surface area contributed by atoms with Crippen LogP contribution in [0, 0.1) is 13.8 Å². The van der Waals surface area contributed by atoms with Crippen molar-refractivity contribution < 1.29 is 9.90 Å². The maximum atomic E-state index is 12.0. The second-order valence-electron chi connectivity index (χ2n) is 5.41. The Kier molecular flexibility index (Phi) is 5.00. The predicted octanol–water partition coefficient (Wildman–Crippen LogP) is 1.06. The molecule has 1 unspecified atom stereocenters. The highest BCUT2D eigenvalue weighted by molar-refractivity contribution is 5.74. The second kappa shape index (κ2) is 6.74. The van der Waals surface area contributed by atoms with Crippen LogP contribution in [0.3, 0.4) is 0 Å². The third-order valence-corrected chi connectivity index (χ3v) is 3.78. The molecule has 20 heavy (non-hydrogen) atoms. The molecule has 1 aromatic heterocycles. The molecule has 2 rings (SSSR count). The van der Waals surface area contributed by atoms with Crippen LogP contribution in [-0.4, -0.2) is 51.6 Å². The summed E-state index contributed by atoms with van der Waals surface area (Å²) in [6.07, 6.45) is 2.73. The first-order valence-electron chi connectivity index (χ1n) is 7.28. The smallest absolute Gasteiger partial charge is 0.317 e. The van der Waals surface area contributed by atoms with Gasteiger partial charge < -0.3 is 15.3 Å². The molecule has 1 saturated heterocycles. The average molecular weight is 280 g/mol. The quantitative estimate of drug-likeness (QED) is 0.792. The van der Waals surface area contributed by atoms with Crippen LogP contribution in [-0.2, 0) is 6.54 Å². The number of nitrogens with one attached hydrogen (secondary N) is 1. The van der Waals surface area contributed by atoms with E-state index in [0.29, 0.717) is 6.54 Å². The highest BCUT2D eigenvalue weighted by atomic mass is 16.3. The zero-order valence-electron chi connectivity index (χ0n) is 12.3. The van der Waals surface area contributed by atoms with Crippen LogP contribution in [0.25, 0.3) is 0 Å². The van der Waals surface area contributed by atoms with Crippen molar-refractivity contribution in [1.29, 1.82) is 0 Å². The number of aromatic nitrogens is 2. The summed E-state index contributed by atoms with van der Waals surface area (Å²) >= 11 is 0. The Bertz CT molecular complexity index is 458. The Balaban J connectivity index is 1.70. The zero-order valence-corrected chi connectivity index (χ0v) is 12.3. The average Bonchev–Trinajstić information content (AvgIpc) is 3.01. The summed E-state index contributed by atoms with van der Waals surface area (Å²) in [5, 5.41) is 16.5. The fraction of sp³-hybridized carbons (Fsp3) is 0.714. The topological polar surface area (TPSA) is 70.4 Å². The van der Waals surface area contributed by atoms with Gasteiger partial charge in [0.2, 0.25) is 0 Å². The number of amides is 2. The number of likely N-dealkylation sites (tertiary alicyclic amines) is 1. The van der Waals surface area contributed by atoms with E-state index >= 15 is 0 Å². The Morgan fingerprint density at radius 2 is 2.35 bits per heavy atom. The lowest BCUT2D eigenvalue weighted by Gasteiger charge is -2.23. The standard InChI is InChI=1S/C14H24N4O2/c1-11-9-12(2)18(16-11)8-4-6-15-14(20)17-7-3-5-13(17)10-19/h9,13,19H,3-8,10H2,1-2H3,(H,15,20). The normalized spacial score (nSPS) is 18.6. The van der Waals surface area contributed by atoms with Crippen molar-refractivity contribution in [2.75, 3.05) is 19.7 Å². The molecule has 1 aromatic rings. The van der Waals surface area contributed by atoms with Gasteiger partial charge in [0, 0.05) is 25.3 Å². The maximum absolute atomic E-state index is 12.0. The molecule has 0 aliphatic carbocycles. The van der Waals surface area contributed by atoms with Gasteiger partial charge >= 0.3 is 6.03 Å². The molecule has 0 radical (unpaired) electrons. The number of rotatable bonds is 5. The fourth-order valence-electron chi connectivity index (χ4n) is 2.72. The summed E-state index contributed by atoms with van der Waals surface area (Å²) in [7, 11) is 0. The van der Waals surface area contributed by atoms with Gasteiger partial charge in [0.15, 0.2) is 0 Å². The van der Waals surface area contributed by atoms with E-state index in [9.17, 15) is 9.90 Å². The Morgan fingerprint density at radius 3 is 3.00 bits per heavy atom. The molecule has 2 heterocycles. The van der Waals surface area contributed by atoms with Crippen molar-refractivity contribution in [2.45, 2.75) is 45.7 Å². The van der Waals surface area contributed by atoms with Crippen LogP contribution >= 0.6 is 0 Å². The summed E-state index contributed by atoms with van der Waals surface area (Å²) in [6, 6.07) is 1.98. The predicted molar refractivity (Wildman–Crippen MR) is 76.5 cm³/mol. The lowest BCUT2D eigenvalue weighted by atomic mass is 10.2. The molecule has 0 saturated carbocycles. The number of aliphatic hydroxyl groups excluding tert-OH is 1. The van der Waals surface area contributed by atoms with E-state index in [4.69, 9.17) is 0 Å². The van der Waals surface area contributed by atoms with Gasteiger partial charge in [-0.05, 0) is 39.2 Å². The highest BCUT2D eigenvalue weighted by Crippen LogP contribution is 2.16. The van der Waals surface area contributed by atoms with Crippen LogP contribution in [0.2, 0.25) is 0 Å². The number of hydrogen-bond acceptors (Lipinski definition) is 3. The number of hydrogen-bond donors (Lipinski definition) is 2. The van der Waals surface area contributed by atoms with Gasteiger partial charge in [0.25, 0.3) is 0 Å². The molecule has 1 aliphatic heterocycles. The molecular formula is C14H24N4O2. The van der Waals surface area contributed by atoms with Gasteiger partial charge in [-0.15, -0.1) is 0 Å². The summed E-state index contributed by atoms with van der Waals surface area (Å²) in [6.45, 7) is 6.26. The second-order valence-corrected chi connectivity index (χ2v) is 5.41. The van der Waals surface area contributed by atoms with Crippen LogP contribution in [0.1, 0.15) is 30.7 Å². The van der Waals surface area contributed by atoms with E-state index in [2.05, 4.69) is 16.5 Å². The molecule has 1 aliphatic rings. The third-order valence-electron chi connectivity index (χ3n) is 3.78. The molecule has 0 spiro atoms. The first kappa shape index (κ1) is 14.8. The molecule has 1 fully saturated rings. The Labute approximate surface area is 119 Å². The van der Waals surface area contributed by atoms with Crippen molar-refractivity contribution in [2.24, 2.45) is 0 Å². The molecule has 1 atom stereocenters. The van der Waals surface area contributed by atoms with Crippen LogP contribution in [0.4, 0.5) is 4.79 Å². The minimum Gasteiger partial charge on any atom is -0.394 e. The van der Waals surface area contributed by atoms with Gasteiger partial charge in [0.05, 0.1) is 18.3 Å². The Morgan fingerprint density at radius 1 is 1.55 bits per heavy atom. The fourth-order valence-corrected chi connectivity index (χ4v) is 2.72. The van der Waals surface area contributed by atoms with E-state index in [1.807, 2.05) is 18.5 Å². The summed E-state index contributed by atoms with van der Waals surface area (Å²) in [5.41, 5.74) is 2.17. The van der Waals surface area contributed by atoms with Crippen molar-refractivity contribution in [3.63, 3.8) is 0 Å². The van der Waals surface area contributed by atoms with Crippen molar-refractivity contribution in [1.82, 2.24) is 20.0 Å². The number of urea groups is 1. The molecule has 2 amide bonds. The molecule has 2 N–H and O–H groups in total. The van der Waals surface area contributed by atoms with Crippen LogP contribution < -0.4 is 5.32 Å². The third kappa shape index (κ3) is 3.50. The van der Waals surface area contributed by atoms with Crippen LogP contribution in [0.15, 0.2) is 6.07 Å². The lowest BCUT2D eigenvalue weighted by molar-refractivity contribution is 0.157. The Hall–Kier alpha value is -1.56. The summed E-state index contributed by atoms with van der Waals surface area (Å²) in [4.78, 5) is 13.7. The first-order chi connectivity index (χ1) is 9.61. The summed E-state index contributed by atoms with van der Waals surface area (Å²) < 4.78 is 1.97. The molecule has 6 nitrogen and oxygen atoms in total. The molecule has 6 heteroatoms. The molecule has 0 bridgehead atoms. The number of nitrogens with zero attached hydrogens (tertiary/aromatic N) is 3. The van der Waals surface area contributed by atoms with Crippen molar-refractivity contribution in [3.8, 4) is 0 Å². The van der Waals surface area contributed by atoms with Crippen LogP contribution in [0.5, 0.6) is 0 Å². The van der Waals surface area contributed by atoms with Gasteiger partial charge in [-0.25, -0.2) is 4.79 Å². The van der Waals surface area contributed by atoms with Gasteiger partial charge in [-0.1, -0.05) is 0 Å². The molecule has 112 valence electrons. The molecular weight excluding hydrogens is 256 g/mol. The number of aliphatic hydroxyl groups is 1. The summed E-state index contributed by atoms with van der Waals surface area (Å²) in [5.74, 6) is 0. The van der Waals surface area contributed by atoms with Gasteiger partial charge in [-0.3, -0.25) is 4.68 Å². The van der Waals surface area contributed by atoms with E-state index in [1.165, 1.54) is 0 Å². The van der Waals surface area contributed by atoms with Gasteiger partial charge in [-0.2, -0.15) is 5.10 Å². The van der Waals surface area contributed by atoms with E-state index in [1.54, 1.807) is 4.90 Å². The minimum atomic E-state index is -0.0603. The largest absolute Gasteiger partial charge is 0.394 e.